The maximum absolute atomic E-state index is 11.5. The molecule has 1 fully saturated rings. The average Bonchev–Trinajstić information content (AvgIpc) is 2.52. The van der Waals surface area contributed by atoms with Crippen LogP contribution in [-0.2, 0) is 9.53 Å². The van der Waals surface area contributed by atoms with Gasteiger partial charge in [-0.25, -0.2) is 0 Å². The molecule has 0 aromatic heterocycles. The molecule has 2 N–H and O–H groups in total. The fraction of sp³-hybridized carbons (Fsp3) is 0.778. The van der Waals surface area contributed by atoms with Gasteiger partial charge in [-0.2, -0.15) is 5.26 Å². The smallest absolute Gasteiger partial charge is 0.240 e. The summed E-state index contributed by atoms with van der Waals surface area (Å²) < 4.78 is 4.97. The topological polar surface area (TPSA) is 82.4 Å². The molecule has 1 rings (SSSR count). The van der Waals surface area contributed by atoms with Gasteiger partial charge in [0.25, 0.3) is 0 Å². The highest BCUT2D eigenvalue weighted by Crippen LogP contribution is 2.14. The van der Waals surface area contributed by atoms with E-state index in [1.165, 1.54) is 13.8 Å². The third kappa shape index (κ3) is 2.22. The Morgan fingerprint density at radius 3 is 2.71 bits per heavy atom. The van der Waals surface area contributed by atoms with E-state index in [1.54, 1.807) is 0 Å². The molecule has 0 aromatic carbocycles. The molecule has 1 aliphatic heterocycles. The first-order valence-electron chi connectivity index (χ1n) is 4.45. The molecule has 2 atom stereocenters. The van der Waals surface area contributed by atoms with Gasteiger partial charge in [0.2, 0.25) is 5.91 Å². The summed E-state index contributed by atoms with van der Waals surface area (Å²) in [5.74, 6) is -0.380. The number of amides is 1. The predicted molar refractivity (Wildman–Crippen MR) is 48.2 cm³/mol. The molecular formula is C9H14N2O3. The molecule has 78 valence electrons. The number of rotatable bonds is 2. The van der Waals surface area contributed by atoms with Gasteiger partial charge in [0.05, 0.1) is 31.4 Å². The third-order valence-corrected chi connectivity index (χ3v) is 2.21. The molecule has 0 spiro atoms. The van der Waals surface area contributed by atoms with E-state index in [9.17, 15) is 9.90 Å². The van der Waals surface area contributed by atoms with Crippen molar-refractivity contribution in [3.63, 3.8) is 0 Å². The molecule has 1 aliphatic rings. The standard InChI is InChI=1S/C9H14N2O3/c1-9(2,5-10)8(13)11-6-3-14-4-7(6)12/h6-7,12H,3-4H2,1-2H3,(H,11,13)/t6-,7-/m1/s1. The Balaban J connectivity index is 2.53. The van der Waals surface area contributed by atoms with Crippen LogP contribution in [0.4, 0.5) is 0 Å². The van der Waals surface area contributed by atoms with Crippen molar-refractivity contribution in [1.82, 2.24) is 5.32 Å². The molecule has 0 bridgehead atoms. The van der Waals surface area contributed by atoms with Crippen LogP contribution in [0, 0.1) is 16.7 Å². The lowest BCUT2D eigenvalue weighted by Crippen LogP contribution is -2.47. The van der Waals surface area contributed by atoms with E-state index in [-0.39, 0.29) is 12.5 Å². The SMILES string of the molecule is CC(C)(C#N)C(=O)N[C@@H]1COC[C@H]1O. The van der Waals surface area contributed by atoms with Crippen LogP contribution in [-0.4, -0.2) is 36.4 Å². The number of nitrogens with one attached hydrogen (secondary N) is 1. The van der Waals surface area contributed by atoms with Crippen molar-refractivity contribution in [2.75, 3.05) is 13.2 Å². The van der Waals surface area contributed by atoms with Gasteiger partial charge in [0.15, 0.2) is 0 Å². The highest BCUT2D eigenvalue weighted by Gasteiger charge is 2.33. The second kappa shape index (κ2) is 3.95. The van der Waals surface area contributed by atoms with Crippen LogP contribution in [0.5, 0.6) is 0 Å². The molecular weight excluding hydrogens is 184 g/mol. The van der Waals surface area contributed by atoms with Crippen LogP contribution >= 0.6 is 0 Å². The van der Waals surface area contributed by atoms with Crippen LogP contribution < -0.4 is 5.32 Å². The van der Waals surface area contributed by atoms with Crippen LogP contribution in [0.3, 0.4) is 0 Å². The van der Waals surface area contributed by atoms with Gasteiger partial charge in [0, 0.05) is 0 Å². The molecule has 1 saturated heterocycles. The summed E-state index contributed by atoms with van der Waals surface area (Å²) >= 11 is 0. The van der Waals surface area contributed by atoms with Crippen LogP contribution in [0.1, 0.15) is 13.8 Å². The van der Waals surface area contributed by atoms with E-state index in [0.29, 0.717) is 6.61 Å². The van der Waals surface area contributed by atoms with Gasteiger partial charge >= 0.3 is 0 Å². The van der Waals surface area contributed by atoms with E-state index in [4.69, 9.17) is 10.00 Å². The zero-order valence-electron chi connectivity index (χ0n) is 8.28. The Morgan fingerprint density at radius 1 is 1.64 bits per heavy atom. The molecule has 0 aromatic rings. The van der Waals surface area contributed by atoms with Crippen molar-refractivity contribution in [2.45, 2.75) is 26.0 Å². The Morgan fingerprint density at radius 2 is 2.29 bits per heavy atom. The summed E-state index contributed by atoms with van der Waals surface area (Å²) in [5.41, 5.74) is -1.07. The number of hydrogen-bond donors (Lipinski definition) is 2. The number of carbonyl (C=O) groups excluding carboxylic acids is 1. The minimum atomic E-state index is -1.07. The fourth-order valence-corrected chi connectivity index (χ4v) is 1.08. The number of ether oxygens (including phenoxy) is 1. The van der Waals surface area contributed by atoms with Gasteiger partial charge in [-0.15, -0.1) is 0 Å². The zero-order valence-corrected chi connectivity index (χ0v) is 8.28. The van der Waals surface area contributed by atoms with E-state index in [1.807, 2.05) is 6.07 Å². The number of aliphatic hydroxyl groups is 1. The highest BCUT2D eigenvalue weighted by molar-refractivity contribution is 5.84. The maximum atomic E-state index is 11.5. The number of nitrogens with zero attached hydrogens (tertiary/aromatic N) is 1. The van der Waals surface area contributed by atoms with E-state index >= 15 is 0 Å². The summed E-state index contributed by atoms with van der Waals surface area (Å²) in [6.07, 6.45) is -0.673. The second-order valence-electron chi connectivity index (χ2n) is 3.92. The molecule has 5 nitrogen and oxygen atoms in total. The minimum Gasteiger partial charge on any atom is -0.388 e. The molecule has 1 amide bonds. The van der Waals surface area contributed by atoms with Gasteiger partial charge in [0.1, 0.15) is 5.41 Å². The predicted octanol–water partition coefficient (Wildman–Crippen LogP) is -0.588. The van der Waals surface area contributed by atoms with Crippen LogP contribution in [0.25, 0.3) is 0 Å². The van der Waals surface area contributed by atoms with Crippen molar-refractivity contribution in [2.24, 2.45) is 5.41 Å². The molecule has 0 aliphatic carbocycles. The van der Waals surface area contributed by atoms with Crippen molar-refractivity contribution < 1.29 is 14.6 Å². The lowest BCUT2D eigenvalue weighted by atomic mass is 9.94. The monoisotopic (exact) mass is 198 g/mol. The van der Waals surface area contributed by atoms with E-state index in [2.05, 4.69) is 5.32 Å². The lowest BCUT2D eigenvalue weighted by Gasteiger charge is -2.20. The van der Waals surface area contributed by atoms with Gasteiger partial charge in [-0.05, 0) is 13.8 Å². The summed E-state index contributed by atoms with van der Waals surface area (Å²) in [4.78, 5) is 11.5. The average molecular weight is 198 g/mol. The minimum absolute atomic E-state index is 0.234. The lowest BCUT2D eigenvalue weighted by molar-refractivity contribution is -0.128. The van der Waals surface area contributed by atoms with Gasteiger partial charge < -0.3 is 15.2 Å². The molecule has 0 saturated carbocycles. The van der Waals surface area contributed by atoms with E-state index in [0.717, 1.165) is 0 Å². The molecule has 0 unspecified atom stereocenters. The number of aliphatic hydroxyl groups excluding tert-OH is 1. The largest absolute Gasteiger partial charge is 0.388 e. The summed E-state index contributed by atoms with van der Waals surface area (Å²) in [6, 6.07) is 1.50. The zero-order chi connectivity index (χ0) is 10.8. The maximum Gasteiger partial charge on any atom is 0.240 e. The molecule has 5 heteroatoms. The highest BCUT2D eigenvalue weighted by atomic mass is 16.5. The Labute approximate surface area is 82.7 Å². The number of carbonyl (C=O) groups is 1. The normalized spacial score (nSPS) is 27.0. The first-order valence-corrected chi connectivity index (χ1v) is 4.45. The summed E-state index contributed by atoms with van der Waals surface area (Å²) in [6.45, 7) is 3.60. The van der Waals surface area contributed by atoms with Crippen molar-refractivity contribution in [1.29, 1.82) is 5.26 Å². The number of hydrogen-bond acceptors (Lipinski definition) is 4. The summed E-state index contributed by atoms with van der Waals surface area (Å²) in [5, 5.41) is 20.6. The Hall–Kier alpha value is -1.12. The quantitative estimate of drug-likeness (QED) is 0.621. The number of nitriles is 1. The van der Waals surface area contributed by atoms with E-state index < -0.39 is 17.6 Å². The van der Waals surface area contributed by atoms with Crippen molar-refractivity contribution in [3.05, 3.63) is 0 Å². The second-order valence-corrected chi connectivity index (χ2v) is 3.92. The molecule has 14 heavy (non-hydrogen) atoms. The Bertz CT molecular complexity index is 270. The first-order chi connectivity index (χ1) is 6.47. The Kier molecular flexibility index (Phi) is 3.09. The first kappa shape index (κ1) is 11.0. The van der Waals surface area contributed by atoms with Gasteiger partial charge in [-0.3, -0.25) is 4.79 Å². The van der Waals surface area contributed by atoms with Gasteiger partial charge in [-0.1, -0.05) is 0 Å². The summed E-state index contributed by atoms with van der Waals surface area (Å²) in [7, 11) is 0. The van der Waals surface area contributed by atoms with Crippen molar-refractivity contribution in [3.8, 4) is 6.07 Å². The van der Waals surface area contributed by atoms with Crippen LogP contribution in [0.15, 0.2) is 0 Å². The molecule has 1 heterocycles. The van der Waals surface area contributed by atoms with Crippen LogP contribution in [0.2, 0.25) is 0 Å². The molecule has 0 radical (unpaired) electrons. The fourth-order valence-electron chi connectivity index (χ4n) is 1.08. The third-order valence-electron chi connectivity index (χ3n) is 2.21. The van der Waals surface area contributed by atoms with Crippen molar-refractivity contribution >= 4 is 5.91 Å².